The Hall–Kier alpha value is -1.63. The highest BCUT2D eigenvalue weighted by Crippen LogP contribution is 2.23. The van der Waals surface area contributed by atoms with E-state index in [1.807, 2.05) is 19.0 Å². The lowest BCUT2D eigenvalue weighted by atomic mass is 10.0. The van der Waals surface area contributed by atoms with Crippen LogP contribution >= 0.6 is 0 Å². The van der Waals surface area contributed by atoms with Crippen molar-refractivity contribution < 1.29 is 14.4 Å². The predicted molar refractivity (Wildman–Crippen MR) is 77.6 cm³/mol. The van der Waals surface area contributed by atoms with Gasteiger partial charge in [0, 0.05) is 32.1 Å². The van der Waals surface area contributed by atoms with Crippen molar-refractivity contribution in [3.8, 4) is 0 Å². The summed E-state index contributed by atoms with van der Waals surface area (Å²) in [7, 11) is 4.07. The van der Waals surface area contributed by atoms with Crippen molar-refractivity contribution in [2.75, 3.05) is 40.3 Å². The van der Waals surface area contributed by atoms with Gasteiger partial charge in [-0.15, -0.1) is 0 Å². The number of carbonyl (C=O) groups excluding carboxylic acids is 3. The summed E-state index contributed by atoms with van der Waals surface area (Å²) in [6.07, 6.45) is 1.29. The molecule has 21 heavy (non-hydrogen) atoms. The molecular weight excluding hydrogens is 272 g/mol. The molecule has 2 unspecified atom stereocenters. The van der Waals surface area contributed by atoms with Crippen LogP contribution in [0.15, 0.2) is 0 Å². The highest BCUT2D eigenvalue weighted by Gasteiger charge is 2.36. The van der Waals surface area contributed by atoms with Gasteiger partial charge in [-0.25, -0.2) is 4.79 Å². The molecule has 2 aliphatic rings. The van der Waals surface area contributed by atoms with Crippen LogP contribution in [0.25, 0.3) is 0 Å². The van der Waals surface area contributed by atoms with Crippen molar-refractivity contribution in [1.29, 1.82) is 0 Å². The van der Waals surface area contributed by atoms with Gasteiger partial charge >= 0.3 is 6.03 Å². The molecule has 0 saturated carbocycles. The monoisotopic (exact) mass is 296 g/mol. The first-order valence-corrected chi connectivity index (χ1v) is 7.45. The Balaban J connectivity index is 1.92. The molecule has 2 atom stereocenters. The smallest absolute Gasteiger partial charge is 0.324 e. The molecule has 0 radical (unpaired) electrons. The second kappa shape index (κ2) is 6.43. The first-order valence-electron chi connectivity index (χ1n) is 7.45. The van der Waals surface area contributed by atoms with E-state index in [4.69, 9.17) is 0 Å². The lowest BCUT2D eigenvalue weighted by Crippen LogP contribution is -2.52. The van der Waals surface area contributed by atoms with Crippen molar-refractivity contribution in [2.24, 2.45) is 5.92 Å². The number of imide groups is 1. The number of rotatable bonds is 4. The molecule has 0 spiro atoms. The van der Waals surface area contributed by atoms with Crippen LogP contribution in [0.5, 0.6) is 0 Å². The van der Waals surface area contributed by atoms with E-state index in [2.05, 4.69) is 17.1 Å². The zero-order chi connectivity index (χ0) is 15.6. The van der Waals surface area contributed by atoms with Crippen LogP contribution < -0.4 is 5.32 Å². The molecule has 2 fully saturated rings. The Morgan fingerprint density at radius 1 is 1.33 bits per heavy atom. The first kappa shape index (κ1) is 15.8. The second-order valence-electron chi connectivity index (χ2n) is 6.02. The molecule has 4 amide bonds. The summed E-state index contributed by atoms with van der Waals surface area (Å²) < 4.78 is 0. The van der Waals surface area contributed by atoms with E-state index in [1.165, 1.54) is 4.90 Å². The molecule has 0 aromatic carbocycles. The number of nitrogens with zero attached hydrogens (tertiary/aromatic N) is 3. The van der Waals surface area contributed by atoms with E-state index in [-0.39, 0.29) is 24.8 Å². The average molecular weight is 296 g/mol. The second-order valence-corrected chi connectivity index (χ2v) is 6.02. The number of hydrogen-bond donors (Lipinski definition) is 1. The first-order chi connectivity index (χ1) is 9.92. The number of hydrogen-bond acceptors (Lipinski definition) is 4. The van der Waals surface area contributed by atoms with E-state index in [1.54, 1.807) is 0 Å². The molecule has 2 saturated heterocycles. The van der Waals surface area contributed by atoms with E-state index < -0.39 is 6.03 Å². The maximum atomic E-state index is 12.4. The molecule has 2 heterocycles. The predicted octanol–water partition coefficient (Wildman–Crippen LogP) is -0.273. The quantitative estimate of drug-likeness (QED) is 0.775. The summed E-state index contributed by atoms with van der Waals surface area (Å²) in [4.78, 5) is 40.5. The number of amides is 4. The van der Waals surface area contributed by atoms with Gasteiger partial charge in [-0.2, -0.15) is 0 Å². The molecule has 0 aromatic heterocycles. The zero-order valence-electron chi connectivity index (χ0n) is 13.0. The lowest BCUT2D eigenvalue weighted by molar-refractivity contribution is -0.132. The molecule has 7 nitrogen and oxygen atoms in total. The molecule has 0 aliphatic carbocycles. The lowest BCUT2D eigenvalue weighted by Gasteiger charge is -2.28. The fraction of sp³-hybridized carbons (Fsp3) is 0.786. The van der Waals surface area contributed by atoms with Crippen LogP contribution in [0.3, 0.4) is 0 Å². The van der Waals surface area contributed by atoms with Gasteiger partial charge in [0.15, 0.2) is 0 Å². The highest BCUT2D eigenvalue weighted by molar-refractivity contribution is 5.98. The van der Waals surface area contributed by atoms with Crippen LogP contribution in [0.2, 0.25) is 0 Å². The summed E-state index contributed by atoms with van der Waals surface area (Å²) in [5, 5.41) is 2.24. The minimum atomic E-state index is -0.463. The molecule has 0 aromatic rings. The van der Waals surface area contributed by atoms with Gasteiger partial charge in [-0.3, -0.25) is 14.9 Å². The fourth-order valence-electron chi connectivity index (χ4n) is 3.06. The van der Waals surface area contributed by atoms with Gasteiger partial charge in [0.05, 0.1) is 0 Å². The molecule has 1 N–H and O–H groups in total. The van der Waals surface area contributed by atoms with Gasteiger partial charge in [-0.05, 0) is 20.0 Å². The SMILES string of the molecule is CCC1CN(C(=O)CN2CCC(=O)NC2=O)CC1N(C)C. The Morgan fingerprint density at radius 3 is 2.57 bits per heavy atom. The third-order valence-electron chi connectivity index (χ3n) is 4.42. The van der Waals surface area contributed by atoms with E-state index in [0.717, 1.165) is 13.0 Å². The Morgan fingerprint density at radius 2 is 2.05 bits per heavy atom. The van der Waals surface area contributed by atoms with Gasteiger partial charge in [0.2, 0.25) is 11.8 Å². The van der Waals surface area contributed by atoms with Crippen LogP contribution in [0.1, 0.15) is 19.8 Å². The van der Waals surface area contributed by atoms with E-state index >= 15 is 0 Å². The molecule has 0 bridgehead atoms. The third kappa shape index (κ3) is 3.53. The summed E-state index contributed by atoms with van der Waals surface area (Å²) >= 11 is 0. The van der Waals surface area contributed by atoms with Crippen molar-refractivity contribution in [2.45, 2.75) is 25.8 Å². The fourth-order valence-corrected chi connectivity index (χ4v) is 3.06. The molecule has 2 aliphatic heterocycles. The normalized spacial score (nSPS) is 26.5. The van der Waals surface area contributed by atoms with Crippen molar-refractivity contribution in [1.82, 2.24) is 20.0 Å². The summed E-state index contributed by atoms with van der Waals surface area (Å²) in [5.41, 5.74) is 0. The van der Waals surface area contributed by atoms with Crippen LogP contribution in [0, 0.1) is 5.92 Å². The van der Waals surface area contributed by atoms with Crippen LogP contribution in [-0.4, -0.2) is 78.9 Å². The van der Waals surface area contributed by atoms with E-state index in [0.29, 0.717) is 25.0 Å². The van der Waals surface area contributed by atoms with Gasteiger partial charge in [-0.1, -0.05) is 13.3 Å². The van der Waals surface area contributed by atoms with Crippen LogP contribution in [0.4, 0.5) is 4.79 Å². The minimum absolute atomic E-state index is 0.0395. The van der Waals surface area contributed by atoms with Crippen molar-refractivity contribution in [3.05, 3.63) is 0 Å². The summed E-state index contributed by atoms with van der Waals surface area (Å²) in [6, 6.07) is -0.0919. The molecule has 118 valence electrons. The Kier molecular flexibility index (Phi) is 4.82. The number of urea groups is 1. The topological polar surface area (TPSA) is 73.0 Å². The largest absolute Gasteiger partial charge is 0.339 e. The minimum Gasteiger partial charge on any atom is -0.339 e. The molecular formula is C14H24N4O3. The van der Waals surface area contributed by atoms with E-state index in [9.17, 15) is 14.4 Å². The summed E-state index contributed by atoms with van der Waals surface area (Å²) in [6.45, 7) is 3.96. The number of likely N-dealkylation sites (N-methyl/N-ethyl adjacent to an activating group) is 1. The average Bonchev–Trinajstić information content (AvgIpc) is 2.86. The number of nitrogens with one attached hydrogen (secondary N) is 1. The number of likely N-dealkylation sites (tertiary alicyclic amines) is 1. The Bertz CT molecular complexity index is 438. The van der Waals surface area contributed by atoms with Gasteiger partial charge in [0.1, 0.15) is 6.54 Å². The number of carbonyl (C=O) groups is 3. The van der Waals surface area contributed by atoms with Gasteiger partial charge < -0.3 is 14.7 Å². The molecule has 2 rings (SSSR count). The summed E-state index contributed by atoms with van der Waals surface area (Å²) in [5.74, 6) is 0.159. The third-order valence-corrected chi connectivity index (χ3v) is 4.42. The van der Waals surface area contributed by atoms with Crippen molar-refractivity contribution in [3.63, 3.8) is 0 Å². The molecule has 7 heteroatoms. The maximum Gasteiger partial charge on any atom is 0.324 e. The Labute approximate surface area is 125 Å². The maximum absolute atomic E-state index is 12.4. The standard InChI is InChI=1S/C14H24N4O3/c1-4-10-7-18(8-11(10)16(2)3)13(20)9-17-6-5-12(19)15-14(17)21/h10-11H,4-9H2,1-3H3,(H,15,19,21). The zero-order valence-corrected chi connectivity index (χ0v) is 13.0. The highest BCUT2D eigenvalue weighted by atomic mass is 16.2. The van der Waals surface area contributed by atoms with Crippen LogP contribution in [-0.2, 0) is 9.59 Å². The van der Waals surface area contributed by atoms with Gasteiger partial charge in [0.25, 0.3) is 0 Å². The van der Waals surface area contributed by atoms with Crippen molar-refractivity contribution >= 4 is 17.8 Å².